The molecule has 2 aliphatic carbocycles. The fourth-order valence-electron chi connectivity index (χ4n) is 2.28. The zero-order valence-electron chi connectivity index (χ0n) is 10.1. The van der Waals surface area contributed by atoms with Gasteiger partial charge < -0.3 is 0 Å². The molecule has 0 radical (unpaired) electrons. The van der Waals surface area contributed by atoms with Gasteiger partial charge in [-0.05, 0) is 29.3 Å². The molecule has 0 saturated heterocycles. The molecule has 0 unspecified atom stereocenters. The molecular formula is C17H10BrN. The maximum Gasteiger partial charge on any atom is 0.100 e. The van der Waals surface area contributed by atoms with Gasteiger partial charge in [0.25, 0.3) is 0 Å². The summed E-state index contributed by atoms with van der Waals surface area (Å²) in [6, 6.07) is 22.4. The van der Waals surface area contributed by atoms with Gasteiger partial charge in [0, 0.05) is 15.6 Å². The highest BCUT2D eigenvalue weighted by molar-refractivity contribution is 9.10. The van der Waals surface area contributed by atoms with Crippen LogP contribution in [0.4, 0.5) is 0 Å². The van der Waals surface area contributed by atoms with Gasteiger partial charge in [0.15, 0.2) is 0 Å². The highest BCUT2D eigenvalue weighted by Gasteiger charge is 2.16. The van der Waals surface area contributed by atoms with E-state index in [4.69, 9.17) is 0 Å². The number of halogens is 1. The maximum absolute atomic E-state index is 9.47. The van der Waals surface area contributed by atoms with E-state index in [1.54, 1.807) is 0 Å². The first kappa shape index (κ1) is 12.0. The Morgan fingerprint density at radius 3 is 2.21 bits per heavy atom. The molecule has 1 nitrogen and oxygen atoms in total. The third-order valence-corrected chi connectivity index (χ3v) is 3.65. The third kappa shape index (κ3) is 2.14. The molecule has 2 heteroatoms. The number of fused-ring (bicyclic) bond motifs is 1. The second kappa shape index (κ2) is 4.87. The van der Waals surface area contributed by atoms with Crippen LogP contribution < -0.4 is 0 Å². The molecule has 0 heterocycles. The SMILES string of the molecule is N#Cc1c2cc(Br)cccc-2cc1-c1ccccc1. The molecule has 0 fully saturated rings. The number of rotatable bonds is 1. The summed E-state index contributed by atoms with van der Waals surface area (Å²) in [5.74, 6) is 0. The van der Waals surface area contributed by atoms with Crippen molar-refractivity contribution < 1.29 is 0 Å². The average molecular weight is 308 g/mol. The highest BCUT2D eigenvalue weighted by Crippen LogP contribution is 2.37. The largest absolute Gasteiger partial charge is 0.192 e. The van der Waals surface area contributed by atoms with E-state index < -0.39 is 0 Å². The highest BCUT2D eigenvalue weighted by atomic mass is 79.9. The van der Waals surface area contributed by atoms with Crippen LogP contribution in [0.3, 0.4) is 0 Å². The minimum absolute atomic E-state index is 0.734. The zero-order chi connectivity index (χ0) is 13.2. The molecule has 0 N–H and O–H groups in total. The summed E-state index contributed by atoms with van der Waals surface area (Å²) in [5, 5.41) is 9.47. The second-order valence-electron chi connectivity index (χ2n) is 4.33. The summed E-state index contributed by atoms with van der Waals surface area (Å²) in [6.45, 7) is 0. The number of hydrogen-bond acceptors (Lipinski definition) is 1. The average Bonchev–Trinajstić information content (AvgIpc) is 2.67. The topological polar surface area (TPSA) is 23.8 Å². The van der Waals surface area contributed by atoms with Gasteiger partial charge in [-0.15, -0.1) is 0 Å². The number of benzene rings is 1. The molecule has 90 valence electrons. The Kier molecular flexibility index (Phi) is 3.06. The summed E-state index contributed by atoms with van der Waals surface area (Å²) in [7, 11) is 0. The van der Waals surface area contributed by atoms with Crippen LogP contribution in [0.2, 0.25) is 0 Å². The molecule has 0 aromatic heterocycles. The second-order valence-corrected chi connectivity index (χ2v) is 5.25. The van der Waals surface area contributed by atoms with Crippen molar-refractivity contribution >= 4 is 15.9 Å². The maximum atomic E-state index is 9.47. The lowest BCUT2D eigenvalue weighted by Gasteiger charge is -1.98. The van der Waals surface area contributed by atoms with Gasteiger partial charge in [-0.3, -0.25) is 0 Å². The van der Waals surface area contributed by atoms with E-state index in [1.807, 2.05) is 54.6 Å². The van der Waals surface area contributed by atoms with E-state index in [0.717, 1.165) is 32.3 Å². The lowest BCUT2D eigenvalue weighted by Crippen LogP contribution is -1.78. The smallest absolute Gasteiger partial charge is 0.100 e. The van der Waals surface area contributed by atoms with E-state index in [1.165, 1.54) is 0 Å². The van der Waals surface area contributed by atoms with E-state index in [9.17, 15) is 5.26 Å². The first-order chi connectivity index (χ1) is 9.29. The van der Waals surface area contributed by atoms with Crippen LogP contribution in [0, 0.1) is 11.3 Å². The summed E-state index contributed by atoms with van der Waals surface area (Å²) in [5.41, 5.74) is 4.88. The van der Waals surface area contributed by atoms with Crippen LogP contribution in [-0.4, -0.2) is 0 Å². The lowest BCUT2D eigenvalue weighted by atomic mass is 10.0. The van der Waals surface area contributed by atoms with Gasteiger partial charge in [-0.1, -0.05) is 58.4 Å². The number of nitriles is 1. The van der Waals surface area contributed by atoms with Crippen LogP contribution in [0.25, 0.3) is 22.3 Å². The van der Waals surface area contributed by atoms with E-state index in [0.29, 0.717) is 0 Å². The molecule has 0 saturated carbocycles. The molecule has 2 aliphatic rings. The van der Waals surface area contributed by atoms with Gasteiger partial charge in [0.05, 0.1) is 5.56 Å². The lowest BCUT2D eigenvalue weighted by molar-refractivity contribution is 1.50. The van der Waals surface area contributed by atoms with Gasteiger partial charge in [-0.2, -0.15) is 5.26 Å². The van der Waals surface area contributed by atoms with Crippen molar-refractivity contribution in [2.75, 3.05) is 0 Å². The minimum Gasteiger partial charge on any atom is -0.192 e. The molecule has 1 aromatic rings. The molecule has 0 bridgehead atoms. The molecule has 19 heavy (non-hydrogen) atoms. The van der Waals surface area contributed by atoms with Gasteiger partial charge in [-0.25, -0.2) is 0 Å². The normalized spacial score (nSPS) is 10.3. The van der Waals surface area contributed by atoms with Gasteiger partial charge in [0.1, 0.15) is 6.07 Å². The molecule has 0 atom stereocenters. The Labute approximate surface area is 120 Å². The van der Waals surface area contributed by atoms with Crippen molar-refractivity contribution in [2.45, 2.75) is 0 Å². The molecule has 3 rings (SSSR count). The van der Waals surface area contributed by atoms with Crippen molar-refractivity contribution in [1.29, 1.82) is 5.26 Å². The monoisotopic (exact) mass is 307 g/mol. The van der Waals surface area contributed by atoms with Crippen molar-refractivity contribution in [2.24, 2.45) is 0 Å². The number of nitrogens with zero attached hydrogens (tertiary/aromatic N) is 1. The Morgan fingerprint density at radius 1 is 0.789 bits per heavy atom. The van der Waals surface area contributed by atoms with Crippen molar-refractivity contribution in [3.63, 3.8) is 0 Å². The predicted molar refractivity (Wildman–Crippen MR) is 80.9 cm³/mol. The van der Waals surface area contributed by atoms with Crippen molar-refractivity contribution in [1.82, 2.24) is 0 Å². The molecule has 0 spiro atoms. The summed E-state index contributed by atoms with van der Waals surface area (Å²) < 4.78 is 0.976. The van der Waals surface area contributed by atoms with Gasteiger partial charge >= 0.3 is 0 Å². The first-order valence-corrected chi connectivity index (χ1v) is 6.76. The van der Waals surface area contributed by atoms with Crippen molar-refractivity contribution in [3.05, 3.63) is 70.7 Å². The van der Waals surface area contributed by atoms with E-state index >= 15 is 0 Å². The molecular weight excluding hydrogens is 298 g/mol. The van der Waals surface area contributed by atoms with E-state index in [2.05, 4.69) is 28.1 Å². The summed E-state index contributed by atoms with van der Waals surface area (Å²) >= 11 is 3.48. The first-order valence-electron chi connectivity index (χ1n) is 5.97. The minimum atomic E-state index is 0.734. The van der Waals surface area contributed by atoms with Crippen LogP contribution in [0.5, 0.6) is 0 Å². The fourth-order valence-corrected chi connectivity index (χ4v) is 2.67. The molecule has 0 amide bonds. The Hall–Kier alpha value is -2.11. The van der Waals surface area contributed by atoms with Crippen LogP contribution in [-0.2, 0) is 0 Å². The fraction of sp³-hybridized carbons (Fsp3) is 0. The van der Waals surface area contributed by atoms with E-state index in [-0.39, 0.29) is 0 Å². The predicted octanol–water partition coefficient (Wildman–Crippen LogP) is 5.09. The van der Waals surface area contributed by atoms with Crippen LogP contribution >= 0.6 is 15.9 Å². The third-order valence-electron chi connectivity index (χ3n) is 3.16. The Bertz CT molecular complexity index is 741. The van der Waals surface area contributed by atoms with Gasteiger partial charge in [0.2, 0.25) is 0 Å². The molecule has 0 aliphatic heterocycles. The standard InChI is InChI=1S/C17H10BrN/c18-14-8-4-7-13-9-15(12-5-2-1-3-6-12)17(11-19)16(13)10-14/h1-10H. The summed E-state index contributed by atoms with van der Waals surface area (Å²) in [6.07, 6.45) is 0. The Morgan fingerprint density at radius 2 is 1.47 bits per heavy atom. The van der Waals surface area contributed by atoms with Crippen LogP contribution in [0.15, 0.2) is 65.1 Å². The van der Waals surface area contributed by atoms with Crippen LogP contribution in [0.1, 0.15) is 5.56 Å². The Balaban J connectivity index is 2.33. The van der Waals surface area contributed by atoms with Crippen molar-refractivity contribution in [3.8, 4) is 28.3 Å². The quantitative estimate of drug-likeness (QED) is 0.614. The zero-order valence-corrected chi connectivity index (χ0v) is 11.7. The molecule has 1 aromatic carbocycles. The number of hydrogen-bond donors (Lipinski definition) is 0. The summed E-state index contributed by atoms with van der Waals surface area (Å²) in [4.78, 5) is 0.